The van der Waals surface area contributed by atoms with Crippen LogP contribution in [0, 0.1) is 5.82 Å². The Balaban J connectivity index is 1.56. The third-order valence-corrected chi connectivity index (χ3v) is 4.52. The molecule has 2 aliphatic rings. The maximum atomic E-state index is 13.0. The van der Waals surface area contributed by atoms with Crippen LogP contribution in [-0.2, 0) is 14.4 Å². The van der Waals surface area contributed by atoms with E-state index in [1.54, 1.807) is 17.0 Å². The van der Waals surface area contributed by atoms with Crippen LogP contribution in [0.5, 0.6) is 5.75 Å². The average molecular weight is 348 g/mol. The number of piperidine rings is 2. The maximum absolute atomic E-state index is 13.0. The van der Waals surface area contributed by atoms with E-state index in [0.717, 1.165) is 17.7 Å². The fourth-order valence-electron chi connectivity index (χ4n) is 3.18. The molecule has 3 rings (SSSR count). The number of nitrogens with zero attached hydrogens (tertiary/aromatic N) is 2. The molecule has 2 heterocycles. The van der Waals surface area contributed by atoms with Crippen LogP contribution < -0.4 is 4.74 Å². The van der Waals surface area contributed by atoms with Gasteiger partial charge in [-0.1, -0.05) is 0 Å². The maximum Gasteiger partial charge on any atom is 0.242 e. The number of likely N-dealkylation sites (tertiary alicyclic amines) is 2. The number of hydrogen-bond donors (Lipinski definition) is 0. The normalized spacial score (nSPS) is 21.4. The smallest absolute Gasteiger partial charge is 0.242 e. The Morgan fingerprint density at radius 1 is 1.12 bits per heavy atom. The summed E-state index contributed by atoms with van der Waals surface area (Å²) in [7, 11) is 0. The van der Waals surface area contributed by atoms with Gasteiger partial charge >= 0.3 is 0 Å². The number of benzene rings is 1. The highest BCUT2D eigenvalue weighted by molar-refractivity contribution is 6.00. The zero-order valence-electron chi connectivity index (χ0n) is 13.9. The predicted molar refractivity (Wildman–Crippen MR) is 87.2 cm³/mol. The number of rotatable bonds is 4. The van der Waals surface area contributed by atoms with Gasteiger partial charge in [0.25, 0.3) is 0 Å². The minimum atomic E-state index is -0.330. The van der Waals surface area contributed by atoms with Crippen LogP contribution in [0.1, 0.15) is 32.1 Å². The van der Waals surface area contributed by atoms with E-state index < -0.39 is 0 Å². The summed E-state index contributed by atoms with van der Waals surface area (Å²) in [6.07, 6.45) is 2.57. The van der Waals surface area contributed by atoms with Gasteiger partial charge in [0.1, 0.15) is 24.2 Å². The predicted octanol–water partition coefficient (Wildman–Crippen LogP) is 1.73. The van der Waals surface area contributed by atoms with Crippen LogP contribution in [0.25, 0.3) is 0 Å². The van der Waals surface area contributed by atoms with Gasteiger partial charge in [0.2, 0.25) is 17.7 Å². The Labute approximate surface area is 145 Å². The van der Waals surface area contributed by atoms with Crippen molar-refractivity contribution < 1.29 is 23.5 Å². The van der Waals surface area contributed by atoms with E-state index in [1.807, 2.05) is 0 Å². The molecular formula is C18H21FN2O4. The Hall–Kier alpha value is -2.44. The van der Waals surface area contributed by atoms with E-state index in [0.29, 0.717) is 38.1 Å². The fourth-order valence-corrected chi connectivity index (χ4v) is 3.18. The number of hydrogen-bond acceptors (Lipinski definition) is 4. The van der Waals surface area contributed by atoms with Gasteiger partial charge in [-0.05, 0) is 43.5 Å². The SMILES string of the molecule is O=C(CN1C(=O)CCCC1=O)N1CCCC(Oc2ccc(F)cc2)C1. The van der Waals surface area contributed by atoms with Crippen molar-refractivity contribution in [2.45, 2.75) is 38.2 Å². The Kier molecular flexibility index (Phi) is 5.31. The van der Waals surface area contributed by atoms with E-state index in [-0.39, 0.29) is 36.2 Å². The van der Waals surface area contributed by atoms with Crippen molar-refractivity contribution in [2.75, 3.05) is 19.6 Å². The number of imide groups is 1. The number of halogens is 1. The molecule has 1 atom stereocenters. The van der Waals surface area contributed by atoms with Crippen molar-refractivity contribution >= 4 is 17.7 Å². The second-order valence-electron chi connectivity index (χ2n) is 6.40. The van der Waals surface area contributed by atoms with Gasteiger partial charge in [-0.25, -0.2) is 4.39 Å². The van der Waals surface area contributed by atoms with Crippen molar-refractivity contribution in [3.05, 3.63) is 30.1 Å². The molecule has 2 aliphatic heterocycles. The van der Waals surface area contributed by atoms with Crippen LogP contribution >= 0.6 is 0 Å². The molecule has 0 spiro atoms. The first-order chi connectivity index (χ1) is 12.0. The Bertz CT molecular complexity index is 646. The van der Waals surface area contributed by atoms with Crippen molar-refractivity contribution in [3.8, 4) is 5.75 Å². The van der Waals surface area contributed by atoms with Gasteiger partial charge in [-0.15, -0.1) is 0 Å². The van der Waals surface area contributed by atoms with Crippen LogP contribution in [-0.4, -0.2) is 53.3 Å². The van der Waals surface area contributed by atoms with Crippen molar-refractivity contribution in [2.24, 2.45) is 0 Å². The largest absolute Gasteiger partial charge is 0.489 e. The standard InChI is InChI=1S/C18H21FN2O4/c19-13-6-8-14(9-7-13)25-15-3-2-10-20(11-15)18(24)12-21-16(22)4-1-5-17(21)23/h6-9,15H,1-5,10-12H2. The molecule has 7 heteroatoms. The summed E-state index contributed by atoms with van der Waals surface area (Å²) in [5, 5.41) is 0. The van der Waals surface area contributed by atoms with Crippen molar-refractivity contribution in [1.29, 1.82) is 0 Å². The second kappa shape index (κ2) is 7.63. The van der Waals surface area contributed by atoms with E-state index in [1.165, 1.54) is 12.1 Å². The highest BCUT2D eigenvalue weighted by Gasteiger charge is 2.31. The van der Waals surface area contributed by atoms with E-state index in [9.17, 15) is 18.8 Å². The van der Waals surface area contributed by atoms with E-state index >= 15 is 0 Å². The highest BCUT2D eigenvalue weighted by atomic mass is 19.1. The summed E-state index contributed by atoms with van der Waals surface area (Å²) >= 11 is 0. The van der Waals surface area contributed by atoms with E-state index in [4.69, 9.17) is 4.74 Å². The molecule has 1 aromatic carbocycles. The lowest BCUT2D eigenvalue weighted by atomic mass is 10.1. The molecule has 3 amide bonds. The summed E-state index contributed by atoms with van der Waals surface area (Å²) < 4.78 is 18.8. The molecule has 2 saturated heterocycles. The zero-order chi connectivity index (χ0) is 17.8. The molecular weight excluding hydrogens is 327 g/mol. The van der Waals surface area contributed by atoms with Gasteiger partial charge in [-0.3, -0.25) is 19.3 Å². The van der Waals surface area contributed by atoms with Gasteiger partial charge in [0.05, 0.1) is 6.54 Å². The minimum Gasteiger partial charge on any atom is -0.489 e. The molecule has 0 saturated carbocycles. The molecule has 1 unspecified atom stereocenters. The molecule has 0 aliphatic carbocycles. The third-order valence-electron chi connectivity index (χ3n) is 4.52. The lowest BCUT2D eigenvalue weighted by Gasteiger charge is -2.34. The molecule has 0 radical (unpaired) electrons. The molecule has 134 valence electrons. The number of carbonyl (C=O) groups is 3. The fraction of sp³-hybridized carbons (Fsp3) is 0.500. The first kappa shape index (κ1) is 17.4. The molecule has 0 N–H and O–H groups in total. The number of carbonyl (C=O) groups excluding carboxylic acids is 3. The van der Waals surface area contributed by atoms with E-state index in [2.05, 4.69) is 0 Å². The number of ether oxygens (including phenoxy) is 1. The molecule has 0 aromatic heterocycles. The molecule has 25 heavy (non-hydrogen) atoms. The summed E-state index contributed by atoms with van der Waals surface area (Å²) in [6, 6.07) is 5.77. The zero-order valence-corrected chi connectivity index (χ0v) is 13.9. The average Bonchev–Trinajstić information content (AvgIpc) is 2.60. The van der Waals surface area contributed by atoms with Crippen molar-refractivity contribution in [3.63, 3.8) is 0 Å². The molecule has 2 fully saturated rings. The summed E-state index contributed by atoms with van der Waals surface area (Å²) in [5.41, 5.74) is 0. The Morgan fingerprint density at radius 3 is 2.48 bits per heavy atom. The minimum absolute atomic E-state index is 0.184. The molecule has 0 bridgehead atoms. The summed E-state index contributed by atoms with van der Waals surface area (Å²) in [4.78, 5) is 38.8. The van der Waals surface area contributed by atoms with Gasteiger partial charge in [0, 0.05) is 19.4 Å². The lowest BCUT2D eigenvalue weighted by Crippen LogP contribution is -2.51. The number of amides is 3. The van der Waals surface area contributed by atoms with Crippen LogP contribution in [0.3, 0.4) is 0 Å². The third kappa shape index (κ3) is 4.35. The lowest BCUT2D eigenvalue weighted by molar-refractivity contribution is -0.153. The quantitative estimate of drug-likeness (QED) is 0.778. The molecule has 1 aromatic rings. The van der Waals surface area contributed by atoms with Crippen molar-refractivity contribution in [1.82, 2.24) is 9.80 Å². The first-order valence-corrected chi connectivity index (χ1v) is 8.56. The van der Waals surface area contributed by atoms with Crippen LogP contribution in [0.4, 0.5) is 4.39 Å². The monoisotopic (exact) mass is 348 g/mol. The highest BCUT2D eigenvalue weighted by Crippen LogP contribution is 2.20. The Morgan fingerprint density at radius 2 is 1.80 bits per heavy atom. The summed E-state index contributed by atoms with van der Waals surface area (Å²) in [6.45, 7) is 0.783. The van der Waals surface area contributed by atoms with Crippen LogP contribution in [0.15, 0.2) is 24.3 Å². The topological polar surface area (TPSA) is 66.9 Å². The van der Waals surface area contributed by atoms with Gasteiger partial charge in [0.15, 0.2) is 0 Å². The van der Waals surface area contributed by atoms with Gasteiger partial charge in [-0.2, -0.15) is 0 Å². The summed E-state index contributed by atoms with van der Waals surface area (Å²) in [5.74, 6) is -0.566. The van der Waals surface area contributed by atoms with Crippen LogP contribution in [0.2, 0.25) is 0 Å². The first-order valence-electron chi connectivity index (χ1n) is 8.56. The second-order valence-corrected chi connectivity index (χ2v) is 6.40. The molecule has 6 nitrogen and oxygen atoms in total. The van der Waals surface area contributed by atoms with Gasteiger partial charge < -0.3 is 9.64 Å².